The van der Waals surface area contributed by atoms with E-state index in [1.165, 1.54) is 0 Å². The molecule has 3 N–H and O–H groups in total. The lowest BCUT2D eigenvalue weighted by Gasteiger charge is -2.37. The molecule has 0 saturated carbocycles. The average Bonchev–Trinajstić information content (AvgIpc) is 2.19. The molecule has 14 heavy (non-hydrogen) atoms. The van der Waals surface area contributed by atoms with Crippen LogP contribution in [-0.4, -0.2) is 41.1 Å². The minimum Gasteiger partial charge on any atom is -0.391 e. The highest BCUT2D eigenvalue weighted by Crippen LogP contribution is 2.18. The second-order valence-electron chi connectivity index (χ2n) is 4.21. The molecule has 1 fully saturated rings. The van der Waals surface area contributed by atoms with Crippen LogP contribution in [0.5, 0.6) is 0 Å². The van der Waals surface area contributed by atoms with E-state index in [1.807, 2.05) is 13.8 Å². The first-order valence-corrected chi connectivity index (χ1v) is 5.24. The Hall–Kier alpha value is -0.610. The molecular weight excluding hydrogens is 180 g/mol. The molecular formula is C10H20N2O2. The Morgan fingerprint density at radius 1 is 1.64 bits per heavy atom. The van der Waals surface area contributed by atoms with E-state index in [9.17, 15) is 9.90 Å². The molecule has 1 amide bonds. The van der Waals surface area contributed by atoms with E-state index in [-0.39, 0.29) is 24.0 Å². The van der Waals surface area contributed by atoms with E-state index in [1.54, 1.807) is 4.90 Å². The van der Waals surface area contributed by atoms with Crippen molar-refractivity contribution in [3.8, 4) is 0 Å². The van der Waals surface area contributed by atoms with Gasteiger partial charge in [0, 0.05) is 25.0 Å². The largest absolute Gasteiger partial charge is 0.391 e. The van der Waals surface area contributed by atoms with Gasteiger partial charge in [0.2, 0.25) is 5.91 Å². The molecule has 3 unspecified atom stereocenters. The number of nitrogens with two attached hydrogens (primary N) is 1. The minimum absolute atomic E-state index is 0.0683. The number of likely N-dealkylation sites (tertiary alicyclic amines) is 1. The summed E-state index contributed by atoms with van der Waals surface area (Å²) < 4.78 is 0. The third-order valence-corrected chi connectivity index (χ3v) is 2.92. The SMILES string of the molecule is CC(CN)C(=O)N1CC(O)CCC1C. The summed E-state index contributed by atoms with van der Waals surface area (Å²) in [5.41, 5.74) is 5.45. The van der Waals surface area contributed by atoms with Crippen molar-refractivity contribution in [3.63, 3.8) is 0 Å². The smallest absolute Gasteiger partial charge is 0.227 e. The maximum atomic E-state index is 11.8. The third-order valence-electron chi connectivity index (χ3n) is 2.92. The Morgan fingerprint density at radius 3 is 2.86 bits per heavy atom. The number of hydrogen-bond acceptors (Lipinski definition) is 3. The van der Waals surface area contributed by atoms with Gasteiger partial charge in [-0.1, -0.05) is 6.92 Å². The number of β-amino-alcohol motifs (C(OH)–C–C–N with tert-alkyl or cyclic N) is 1. The van der Waals surface area contributed by atoms with Crippen molar-refractivity contribution >= 4 is 5.91 Å². The number of carbonyl (C=O) groups excluding carboxylic acids is 1. The molecule has 0 aromatic carbocycles. The summed E-state index contributed by atoms with van der Waals surface area (Å²) in [6.45, 7) is 4.69. The van der Waals surface area contributed by atoms with Crippen molar-refractivity contribution in [3.05, 3.63) is 0 Å². The second kappa shape index (κ2) is 4.75. The first-order valence-electron chi connectivity index (χ1n) is 5.24. The monoisotopic (exact) mass is 200 g/mol. The highest BCUT2D eigenvalue weighted by molar-refractivity contribution is 5.79. The first kappa shape index (κ1) is 11.5. The number of hydrogen-bond donors (Lipinski definition) is 2. The molecule has 1 rings (SSSR count). The van der Waals surface area contributed by atoms with Crippen molar-refractivity contribution < 1.29 is 9.90 Å². The standard InChI is InChI=1S/C10H20N2O2/c1-7(5-11)10(14)12-6-9(13)4-3-8(12)2/h7-9,13H,3-6,11H2,1-2H3. The van der Waals surface area contributed by atoms with Crippen LogP contribution in [-0.2, 0) is 4.79 Å². The molecule has 0 aromatic heterocycles. The Morgan fingerprint density at radius 2 is 2.29 bits per heavy atom. The van der Waals surface area contributed by atoms with E-state index in [4.69, 9.17) is 5.73 Å². The molecule has 0 radical (unpaired) electrons. The van der Waals surface area contributed by atoms with Crippen molar-refractivity contribution in [2.45, 2.75) is 38.8 Å². The molecule has 1 aliphatic heterocycles. The number of carbonyl (C=O) groups is 1. The van der Waals surface area contributed by atoms with Gasteiger partial charge in [0.05, 0.1) is 6.10 Å². The van der Waals surface area contributed by atoms with Gasteiger partial charge in [-0.3, -0.25) is 4.79 Å². The highest BCUT2D eigenvalue weighted by atomic mass is 16.3. The predicted molar refractivity (Wildman–Crippen MR) is 54.6 cm³/mol. The van der Waals surface area contributed by atoms with Gasteiger partial charge in [-0.25, -0.2) is 0 Å². The van der Waals surface area contributed by atoms with Gasteiger partial charge >= 0.3 is 0 Å². The summed E-state index contributed by atoms with van der Waals surface area (Å²) >= 11 is 0. The van der Waals surface area contributed by atoms with Crippen molar-refractivity contribution in [2.75, 3.05) is 13.1 Å². The number of aliphatic hydroxyl groups is 1. The van der Waals surface area contributed by atoms with Gasteiger partial charge in [-0.2, -0.15) is 0 Å². The van der Waals surface area contributed by atoms with E-state index in [0.29, 0.717) is 13.1 Å². The maximum absolute atomic E-state index is 11.8. The number of amides is 1. The van der Waals surface area contributed by atoms with Crippen LogP contribution in [0.25, 0.3) is 0 Å². The Bertz CT molecular complexity index is 208. The number of nitrogens with zero attached hydrogens (tertiary/aromatic N) is 1. The predicted octanol–water partition coefficient (Wildman–Crippen LogP) is -0.0470. The zero-order chi connectivity index (χ0) is 10.7. The number of aliphatic hydroxyl groups excluding tert-OH is 1. The minimum atomic E-state index is -0.361. The Balaban J connectivity index is 2.60. The van der Waals surface area contributed by atoms with Crippen LogP contribution in [0.15, 0.2) is 0 Å². The molecule has 82 valence electrons. The van der Waals surface area contributed by atoms with Crippen LogP contribution >= 0.6 is 0 Å². The van der Waals surface area contributed by atoms with Crippen LogP contribution in [0, 0.1) is 5.92 Å². The van der Waals surface area contributed by atoms with Crippen LogP contribution in [0.3, 0.4) is 0 Å². The Kier molecular flexibility index (Phi) is 3.89. The van der Waals surface area contributed by atoms with Crippen LogP contribution in [0.2, 0.25) is 0 Å². The summed E-state index contributed by atoms with van der Waals surface area (Å²) in [6, 6.07) is 0.236. The highest BCUT2D eigenvalue weighted by Gasteiger charge is 2.29. The Labute approximate surface area is 85.1 Å². The molecule has 3 atom stereocenters. The quantitative estimate of drug-likeness (QED) is 0.657. The summed E-state index contributed by atoms with van der Waals surface area (Å²) in [5, 5.41) is 9.48. The molecule has 0 bridgehead atoms. The summed E-state index contributed by atoms with van der Waals surface area (Å²) in [6.07, 6.45) is 1.31. The first-order chi connectivity index (χ1) is 6.56. The zero-order valence-electron chi connectivity index (χ0n) is 8.94. The maximum Gasteiger partial charge on any atom is 0.227 e. The number of rotatable bonds is 2. The van der Waals surface area contributed by atoms with Gasteiger partial charge in [0.15, 0.2) is 0 Å². The third kappa shape index (κ3) is 2.45. The van der Waals surface area contributed by atoms with Gasteiger partial charge in [-0.15, -0.1) is 0 Å². The van der Waals surface area contributed by atoms with Crippen molar-refractivity contribution in [1.82, 2.24) is 4.90 Å². The van der Waals surface area contributed by atoms with Gasteiger partial charge in [0.25, 0.3) is 0 Å². The van der Waals surface area contributed by atoms with Gasteiger partial charge in [0.1, 0.15) is 0 Å². The fourth-order valence-electron chi connectivity index (χ4n) is 1.78. The molecule has 0 aromatic rings. The van der Waals surface area contributed by atoms with E-state index >= 15 is 0 Å². The lowest BCUT2D eigenvalue weighted by molar-refractivity contribution is -0.140. The normalized spacial score (nSPS) is 30.1. The summed E-state index contributed by atoms with van der Waals surface area (Å²) in [5.74, 6) is -0.0681. The lowest BCUT2D eigenvalue weighted by atomic mass is 9.99. The zero-order valence-corrected chi connectivity index (χ0v) is 8.94. The van der Waals surface area contributed by atoms with Crippen LogP contribution in [0.4, 0.5) is 0 Å². The fourth-order valence-corrected chi connectivity index (χ4v) is 1.78. The lowest BCUT2D eigenvalue weighted by Crippen LogP contribution is -2.50. The molecule has 1 heterocycles. The molecule has 4 heteroatoms. The van der Waals surface area contributed by atoms with Crippen LogP contribution < -0.4 is 5.73 Å². The number of piperidine rings is 1. The van der Waals surface area contributed by atoms with Gasteiger partial charge in [-0.05, 0) is 19.8 Å². The van der Waals surface area contributed by atoms with E-state index in [2.05, 4.69) is 0 Å². The van der Waals surface area contributed by atoms with E-state index in [0.717, 1.165) is 12.8 Å². The molecule has 4 nitrogen and oxygen atoms in total. The summed E-state index contributed by atoms with van der Waals surface area (Å²) in [4.78, 5) is 13.6. The molecule has 1 saturated heterocycles. The fraction of sp³-hybridized carbons (Fsp3) is 0.900. The van der Waals surface area contributed by atoms with E-state index < -0.39 is 0 Å². The van der Waals surface area contributed by atoms with Crippen molar-refractivity contribution in [2.24, 2.45) is 11.7 Å². The average molecular weight is 200 g/mol. The summed E-state index contributed by atoms with van der Waals surface area (Å²) in [7, 11) is 0. The molecule has 0 spiro atoms. The van der Waals surface area contributed by atoms with Crippen molar-refractivity contribution in [1.29, 1.82) is 0 Å². The molecule has 1 aliphatic rings. The molecule has 0 aliphatic carbocycles. The topological polar surface area (TPSA) is 66.6 Å². The van der Waals surface area contributed by atoms with Gasteiger partial charge < -0.3 is 15.7 Å². The second-order valence-corrected chi connectivity index (χ2v) is 4.21. The van der Waals surface area contributed by atoms with Crippen LogP contribution in [0.1, 0.15) is 26.7 Å².